The highest BCUT2D eigenvalue weighted by molar-refractivity contribution is 5.79. The molecule has 0 aliphatic heterocycles. The number of aliphatic hydroxyl groups is 2. The number of carbonyl (C=O) groups is 1. The summed E-state index contributed by atoms with van der Waals surface area (Å²) >= 11 is 0. The topological polar surface area (TPSA) is 86.8 Å². The number of nitrogens with zero attached hydrogens (tertiary/aromatic N) is 1. The molecular formula is C12H24N2O3. The summed E-state index contributed by atoms with van der Waals surface area (Å²) in [6, 6.07) is -0.0846. The molecular weight excluding hydrogens is 220 g/mol. The highest BCUT2D eigenvalue weighted by atomic mass is 16.3. The van der Waals surface area contributed by atoms with Crippen LogP contribution < -0.4 is 5.73 Å². The van der Waals surface area contributed by atoms with E-state index in [1.807, 2.05) is 0 Å². The van der Waals surface area contributed by atoms with Crippen molar-refractivity contribution in [1.82, 2.24) is 4.90 Å². The Morgan fingerprint density at radius 1 is 1.29 bits per heavy atom. The average molecular weight is 244 g/mol. The number of nitrogens with two attached hydrogens (primary N) is 1. The standard InChI is InChI=1S/C12H24N2O3/c1-9-2-3-11(13)10(8-9)12(17)14(4-6-15)5-7-16/h9-11,15-16H,2-8,13H2,1H3. The van der Waals surface area contributed by atoms with Crippen LogP contribution in [-0.4, -0.2) is 53.4 Å². The molecule has 100 valence electrons. The molecule has 0 heterocycles. The molecule has 1 fully saturated rings. The van der Waals surface area contributed by atoms with Gasteiger partial charge in [-0.05, 0) is 25.2 Å². The van der Waals surface area contributed by atoms with Crippen molar-refractivity contribution >= 4 is 5.91 Å². The number of carbonyl (C=O) groups excluding carboxylic acids is 1. The van der Waals surface area contributed by atoms with E-state index in [0.29, 0.717) is 5.92 Å². The summed E-state index contributed by atoms with van der Waals surface area (Å²) in [7, 11) is 0. The molecule has 0 aromatic rings. The molecule has 5 nitrogen and oxygen atoms in total. The molecule has 0 saturated heterocycles. The molecule has 5 heteroatoms. The van der Waals surface area contributed by atoms with Crippen LogP contribution in [0.5, 0.6) is 0 Å². The summed E-state index contributed by atoms with van der Waals surface area (Å²) in [6.45, 7) is 2.52. The van der Waals surface area contributed by atoms with Gasteiger partial charge in [-0.15, -0.1) is 0 Å². The van der Waals surface area contributed by atoms with Crippen LogP contribution in [-0.2, 0) is 4.79 Å². The number of aliphatic hydroxyl groups excluding tert-OH is 2. The minimum absolute atomic E-state index is 0.0212. The lowest BCUT2D eigenvalue weighted by Gasteiger charge is -2.35. The normalized spacial score (nSPS) is 29.1. The Hall–Kier alpha value is -0.650. The van der Waals surface area contributed by atoms with E-state index in [-0.39, 0.29) is 44.2 Å². The third-order valence-electron chi connectivity index (χ3n) is 3.53. The lowest BCUT2D eigenvalue weighted by atomic mass is 9.78. The van der Waals surface area contributed by atoms with Crippen molar-refractivity contribution in [3.05, 3.63) is 0 Å². The second-order valence-electron chi connectivity index (χ2n) is 4.96. The van der Waals surface area contributed by atoms with Gasteiger partial charge in [0.1, 0.15) is 0 Å². The predicted octanol–water partition coefficient (Wildman–Crippen LogP) is -0.437. The molecule has 0 aromatic carbocycles. The molecule has 1 saturated carbocycles. The predicted molar refractivity (Wildman–Crippen MR) is 65.2 cm³/mol. The molecule has 0 aromatic heterocycles. The third kappa shape index (κ3) is 3.94. The van der Waals surface area contributed by atoms with E-state index in [4.69, 9.17) is 15.9 Å². The van der Waals surface area contributed by atoms with Crippen LogP contribution in [0.4, 0.5) is 0 Å². The second-order valence-corrected chi connectivity index (χ2v) is 4.96. The van der Waals surface area contributed by atoms with Gasteiger partial charge in [-0.2, -0.15) is 0 Å². The first kappa shape index (κ1) is 14.4. The zero-order chi connectivity index (χ0) is 12.8. The Balaban J connectivity index is 2.63. The maximum Gasteiger partial charge on any atom is 0.227 e. The van der Waals surface area contributed by atoms with Crippen molar-refractivity contribution < 1.29 is 15.0 Å². The molecule has 17 heavy (non-hydrogen) atoms. The molecule has 3 unspecified atom stereocenters. The van der Waals surface area contributed by atoms with Crippen LogP contribution in [0.3, 0.4) is 0 Å². The number of hydrogen-bond donors (Lipinski definition) is 3. The van der Waals surface area contributed by atoms with E-state index in [9.17, 15) is 4.79 Å². The van der Waals surface area contributed by atoms with Crippen LogP contribution >= 0.6 is 0 Å². The smallest absolute Gasteiger partial charge is 0.227 e. The number of hydrogen-bond acceptors (Lipinski definition) is 4. The van der Waals surface area contributed by atoms with Crippen molar-refractivity contribution in [1.29, 1.82) is 0 Å². The summed E-state index contributed by atoms with van der Waals surface area (Å²) < 4.78 is 0. The average Bonchev–Trinajstić information content (AvgIpc) is 2.31. The van der Waals surface area contributed by atoms with Gasteiger partial charge >= 0.3 is 0 Å². The van der Waals surface area contributed by atoms with Gasteiger partial charge in [0.2, 0.25) is 5.91 Å². The van der Waals surface area contributed by atoms with Crippen LogP contribution in [0, 0.1) is 11.8 Å². The van der Waals surface area contributed by atoms with Gasteiger partial charge in [0.25, 0.3) is 0 Å². The first-order valence-electron chi connectivity index (χ1n) is 6.36. The van der Waals surface area contributed by atoms with E-state index in [1.165, 1.54) is 4.90 Å². The molecule has 1 rings (SSSR count). The van der Waals surface area contributed by atoms with E-state index in [0.717, 1.165) is 19.3 Å². The Bertz CT molecular complexity index is 242. The number of rotatable bonds is 5. The number of amides is 1. The fraction of sp³-hybridized carbons (Fsp3) is 0.917. The maximum atomic E-state index is 12.3. The summed E-state index contributed by atoms with van der Waals surface area (Å²) in [6.07, 6.45) is 2.77. The Morgan fingerprint density at radius 2 is 1.88 bits per heavy atom. The highest BCUT2D eigenvalue weighted by Gasteiger charge is 2.33. The van der Waals surface area contributed by atoms with E-state index >= 15 is 0 Å². The fourth-order valence-electron chi connectivity index (χ4n) is 2.50. The van der Waals surface area contributed by atoms with Gasteiger partial charge in [-0.25, -0.2) is 0 Å². The van der Waals surface area contributed by atoms with Crippen molar-refractivity contribution in [3.8, 4) is 0 Å². The van der Waals surface area contributed by atoms with Crippen LogP contribution in [0.25, 0.3) is 0 Å². The summed E-state index contributed by atoms with van der Waals surface area (Å²) in [5.74, 6) is 0.345. The largest absolute Gasteiger partial charge is 0.395 e. The van der Waals surface area contributed by atoms with E-state index < -0.39 is 0 Å². The summed E-state index contributed by atoms with van der Waals surface area (Å²) in [4.78, 5) is 13.8. The zero-order valence-corrected chi connectivity index (χ0v) is 10.5. The third-order valence-corrected chi connectivity index (χ3v) is 3.53. The van der Waals surface area contributed by atoms with Gasteiger partial charge in [0.15, 0.2) is 0 Å². The second kappa shape index (κ2) is 6.93. The zero-order valence-electron chi connectivity index (χ0n) is 10.5. The molecule has 0 radical (unpaired) electrons. The minimum Gasteiger partial charge on any atom is -0.395 e. The van der Waals surface area contributed by atoms with E-state index in [1.54, 1.807) is 0 Å². The monoisotopic (exact) mass is 244 g/mol. The van der Waals surface area contributed by atoms with Gasteiger partial charge in [0, 0.05) is 19.1 Å². The minimum atomic E-state index is -0.156. The summed E-state index contributed by atoms with van der Waals surface area (Å²) in [5.41, 5.74) is 6.00. The first-order valence-corrected chi connectivity index (χ1v) is 6.36. The SMILES string of the molecule is CC1CCC(N)C(C(=O)N(CCO)CCO)C1. The van der Waals surface area contributed by atoms with Gasteiger partial charge in [0.05, 0.1) is 19.1 Å². The molecule has 1 aliphatic carbocycles. The molecule has 4 N–H and O–H groups in total. The lowest BCUT2D eigenvalue weighted by molar-refractivity contribution is -0.138. The van der Waals surface area contributed by atoms with Crippen molar-refractivity contribution in [3.63, 3.8) is 0 Å². The maximum absolute atomic E-state index is 12.3. The molecule has 1 aliphatic rings. The van der Waals surface area contributed by atoms with Crippen molar-refractivity contribution in [2.24, 2.45) is 17.6 Å². The quantitative estimate of drug-likeness (QED) is 0.612. The first-order chi connectivity index (χ1) is 8.10. The Morgan fingerprint density at radius 3 is 2.41 bits per heavy atom. The van der Waals surface area contributed by atoms with Crippen LogP contribution in [0.1, 0.15) is 26.2 Å². The molecule has 1 amide bonds. The van der Waals surface area contributed by atoms with Crippen molar-refractivity contribution in [2.75, 3.05) is 26.3 Å². The van der Waals surface area contributed by atoms with E-state index in [2.05, 4.69) is 6.92 Å². The molecule has 3 atom stereocenters. The van der Waals surface area contributed by atoms with Crippen molar-refractivity contribution in [2.45, 2.75) is 32.2 Å². The summed E-state index contributed by atoms with van der Waals surface area (Å²) in [5, 5.41) is 17.8. The highest BCUT2D eigenvalue weighted by Crippen LogP contribution is 2.29. The fourth-order valence-corrected chi connectivity index (χ4v) is 2.50. The van der Waals surface area contributed by atoms with Gasteiger partial charge < -0.3 is 20.8 Å². The van der Waals surface area contributed by atoms with Crippen LogP contribution in [0.2, 0.25) is 0 Å². The Kier molecular flexibility index (Phi) is 5.88. The molecule has 0 bridgehead atoms. The van der Waals surface area contributed by atoms with Gasteiger partial charge in [-0.3, -0.25) is 4.79 Å². The molecule has 0 spiro atoms. The lowest BCUT2D eigenvalue weighted by Crippen LogP contribution is -2.48. The van der Waals surface area contributed by atoms with Gasteiger partial charge in [-0.1, -0.05) is 6.92 Å². The Labute approximate surface area is 103 Å². The van der Waals surface area contributed by atoms with Crippen LogP contribution in [0.15, 0.2) is 0 Å².